The molecule has 0 fully saturated rings. The van der Waals surface area contributed by atoms with Gasteiger partial charge < -0.3 is 10.5 Å². The van der Waals surface area contributed by atoms with Crippen molar-refractivity contribution in [3.63, 3.8) is 0 Å². The lowest BCUT2D eigenvalue weighted by atomic mass is 10.0. The van der Waals surface area contributed by atoms with Gasteiger partial charge in [0.1, 0.15) is 6.04 Å². The van der Waals surface area contributed by atoms with Gasteiger partial charge in [0.25, 0.3) is 0 Å². The number of esters is 1. The summed E-state index contributed by atoms with van der Waals surface area (Å²) in [6.07, 6.45) is 9.51. The summed E-state index contributed by atoms with van der Waals surface area (Å²) in [6, 6.07) is -0.459. The fourth-order valence-corrected chi connectivity index (χ4v) is 1.81. The average molecular weight is 294 g/mol. The normalized spacial score (nSPS) is 13.5. The van der Waals surface area contributed by atoms with Gasteiger partial charge in [0, 0.05) is 0 Å². The van der Waals surface area contributed by atoms with E-state index in [0.29, 0.717) is 6.61 Å². The van der Waals surface area contributed by atoms with Crippen LogP contribution in [0, 0.1) is 5.92 Å². The molecular weight excluding hydrogens is 262 g/mol. The predicted octanol–water partition coefficient (Wildman–Crippen LogP) is 4.08. The molecule has 0 aliphatic carbocycles. The van der Waals surface area contributed by atoms with E-state index in [1.54, 1.807) is 0 Å². The molecule has 0 radical (unpaired) electrons. The van der Waals surface area contributed by atoms with Crippen LogP contribution in [0.4, 0.5) is 0 Å². The summed E-state index contributed by atoms with van der Waals surface area (Å²) in [5.74, 6) is -0.0399. The second-order valence-corrected chi connectivity index (χ2v) is 5.20. The lowest BCUT2D eigenvalue weighted by Crippen LogP contribution is -2.38. The molecule has 0 aromatic carbocycles. The second-order valence-electron chi connectivity index (χ2n) is 5.20. The van der Waals surface area contributed by atoms with Gasteiger partial charge in [0.2, 0.25) is 0 Å². The van der Waals surface area contributed by atoms with Crippen molar-refractivity contribution >= 4 is 18.4 Å². The number of unbranched alkanes of at least 4 members (excludes halogenated alkanes) is 6. The Morgan fingerprint density at radius 3 is 2.11 bits per heavy atom. The number of hydrogen-bond acceptors (Lipinski definition) is 3. The number of halogens is 1. The molecule has 0 spiro atoms. The molecule has 0 saturated heterocycles. The van der Waals surface area contributed by atoms with Crippen LogP contribution in [0.5, 0.6) is 0 Å². The Hall–Kier alpha value is -0.280. The number of rotatable bonds is 11. The van der Waals surface area contributed by atoms with Crippen molar-refractivity contribution in [1.82, 2.24) is 0 Å². The first-order valence-corrected chi connectivity index (χ1v) is 7.55. The van der Waals surface area contributed by atoms with Crippen molar-refractivity contribution in [3.05, 3.63) is 0 Å². The maximum Gasteiger partial charge on any atom is 0.323 e. The Balaban J connectivity index is 0. The van der Waals surface area contributed by atoms with Gasteiger partial charge >= 0.3 is 5.97 Å². The lowest BCUT2D eigenvalue weighted by molar-refractivity contribution is -0.146. The molecule has 0 aliphatic rings. The quantitative estimate of drug-likeness (QED) is 0.461. The highest BCUT2D eigenvalue weighted by atomic mass is 35.5. The first-order chi connectivity index (χ1) is 8.63. The van der Waals surface area contributed by atoms with E-state index < -0.39 is 6.04 Å². The molecule has 4 heteroatoms. The van der Waals surface area contributed by atoms with Gasteiger partial charge in [-0.3, -0.25) is 4.79 Å². The predicted molar refractivity (Wildman–Crippen MR) is 83.6 cm³/mol. The first kappa shape index (κ1) is 21.0. The van der Waals surface area contributed by atoms with E-state index in [9.17, 15) is 4.79 Å². The SMILES string of the molecule is CCCCCCCCCOC(=O)[C@@H](N)[C@@H](C)CC.Cl. The Morgan fingerprint density at radius 1 is 1.05 bits per heavy atom. The molecule has 0 aromatic heterocycles. The smallest absolute Gasteiger partial charge is 0.323 e. The summed E-state index contributed by atoms with van der Waals surface area (Å²) in [5, 5.41) is 0. The maximum atomic E-state index is 11.6. The summed E-state index contributed by atoms with van der Waals surface area (Å²) in [7, 11) is 0. The minimum atomic E-state index is -0.459. The number of carbonyl (C=O) groups is 1. The number of carbonyl (C=O) groups excluding carboxylic acids is 1. The summed E-state index contributed by atoms with van der Waals surface area (Å²) in [4.78, 5) is 11.6. The van der Waals surface area contributed by atoms with Gasteiger partial charge in [-0.05, 0) is 12.3 Å². The molecule has 0 aromatic rings. The molecule has 2 N–H and O–H groups in total. The van der Waals surface area contributed by atoms with E-state index in [0.717, 1.165) is 19.3 Å². The molecule has 0 aliphatic heterocycles. The summed E-state index contributed by atoms with van der Waals surface area (Å²) in [6.45, 7) is 6.77. The zero-order chi connectivity index (χ0) is 13.8. The van der Waals surface area contributed by atoms with Crippen LogP contribution in [0.2, 0.25) is 0 Å². The van der Waals surface area contributed by atoms with E-state index in [-0.39, 0.29) is 24.3 Å². The van der Waals surface area contributed by atoms with Crippen molar-refractivity contribution in [1.29, 1.82) is 0 Å². The zero-order valence-corrected chi connectivity index (χ0v) is 13.6. The minimum Gasteiger partial charge on any atom is -0.465 e. The minimum absolute atomic E-state index is 0. The van der Waals surface area contributed by atoms with Crippen molar-refractivity contribution in [3.8, 4) is 0 Å². The van der Waals surface area contributed by atoms with E-state index in [1.807, 2.05) is 13.8 Å². The molecule has 19 heavy (non-hydrogen) atoms. The van der Waals surface area contributed by atoms with Crippen molar-refractivity contribution < 1.29 is 9.53 Å². The first-order valence-electron chi connectivity index (χ1n) is 7.55. The Labute approximate surface area is 125 Å². The van der Waals surface area contributed by atoms with Crippen LogP contribution in [0.15, 0.2) is 0 Å². The van der Waals surface area contributed by atoms with Crippen LogP contribution >= 0.6 is 12.4 Å². The number of hydrogen-bond donors (Lipinski definition) is 1. The van der Waals surface area contributed by atoms with Gasteiger partial charge in [-0.2, -0.15) is 0 Å². The van der Waals surface area contributed by atoms with Crippen LogP contribution in [0.25, 0.3) is 0 Å². The van der Waals surface area contributed by atoms with E-state index in [2.05, 4.69) is 6.92 Å². The molecule has 0 bridgehead atoms. The van der Waals surface area contributed by atoms with Crippen molar-refractivity contribution in [2.24, 2.45) is 11.7 Å². The highest BCUT2D eigenvalue weighted by Crippen LogP contribution is 2.09. The average Bonchev–Trinajstić information content (AvgIpc) is 2.39. The highest BCUT2D eigenvalue weighted by molar-refractivity contribution is 5.85. The summed E-state index contributed by atoms with van der Waals surface area (Å²) < 4.78 is 5.19. The van der Waals surface area contributed by atoms with Crippen LogP contribution in [0.1, 0.15) is 72.1 Å². The van der Waals surface area contributed by atoms with Crippen molar-refractivity contribution in [2.75, 3.05) is 6.61 Å². The molecular formula is C15H32ClNO2. The third kappa shape index (κ3) is 11.3. The Morgan fingerprint density at radius 2 is 1.58 bits per heavy atom. The summed E-state index contributed by atoms with van der Waals surface area (Å²) >= 11 is 0. The van der Waals surface area contributed by atoms with Crippen LogP contribution in [-0.4, -0.2) is 18.6 Å². The molecule has 116 valence electrons. The van der Waals surface area contributed by atoms with Gasteiger partial charge in [-0.25, -0.2) is 0 Å². The number of nitrogens with two attached hydrogens (primary N) is 1. The second kappa shape index (κ2) is 14.1. The topological polar surface area (TPSA) is 52.3 Å². The standard InChI is InChI=1S/C15H31NO2.ClH/c1-4-6-7-8-9-10-11-12-18-15(17)14(16)13(3)5-2;/h13-14H,4-12,16H2,1-3H3;1H/t13-,14-;/m0./s1. The lowest BCUT2D eigenvalue weighted by Gasteiger charge is -2.16. The molecule has 0 rings (SSSR count). The highest BCUT2D eigenvalue weighted by Gasteiger charge is 2.20. The molecule has 2 atom stereocenters. The van der Waals surface area contributed by atoms with Gasteiger partial charge in [0.15, 0.2) is 0 Å². The Kier molecular flexibility index (Phi) is 15.6. The molecule has 0 amide bonds. The van der Waals surface area contributed by atoms with Gasteiger partial charge in [-0.15, -0.1) is 12.4 Å². The van der Waals surface area contributed by atoms with E-state index in [1.165, 1.54) is 32.1 Å². The van der Waals surface area contributed by atoms with E-state index in [4.69, 9.17) is 10.5 Å². The molecule has 0 heterocycles. The largest absolute Gasteiger partial charge is 0.465 e. The Bertz CT molecular complexity index is 212. The van der Waals surface area contributed by atoms with Crippen LogP contribution in [-0.2, 0) is 9.53 Å². The van der Waals surface area contributed by atoms with Crippen LogP contribution in [0.3, 0.4) is 0 Å². The number of ether oxygens (including phenoxy) is 1. The third-order valence-electron chi connectivity index (χ3n) is 3.52. The van der Waals surface area contributed by atoms with Gasteiger partial charge in [0.05, 0.1) is 6.61 Å². The van der Waals surface area contributed by atoms with Gasteiger partial charge in [-0.1, -0.05) is 65.7 Å². The van der Waals surface area contributed by atoms with Crippen LogP contribution < -0.4 is 5.73 Å². The fraction of sp³-hybridized carbons (Fsp3) is 0.933. The fourth-order valence-electron chi connectivity index (χ4n) is 1.81. The molecule has 3 nitrogen and oxygen atoms in total. The maximum absolute atomic E-state index is 11.6. The monoisotopic (exact) mass is 293 g/mol. The zero-order valence-electron chi connectivity index (χ0n) is 12.8. The molecule has 0 saturated carbocycles. The summed E-state index contributed by atoms with van der Waals surface area (Å²) in [5.41, 5.74) is 5.79. The molecule has 0 unspecified atom stereocenters. The van der Waals surface area contributed by atoms with E-state index >= 15 is 0 Å². The third-order valence-corrected chi connectivity index (χ3v) is 3.52. The van der Waals surface area contributed by atoms with Crippen molar-refractivity contribution in [2.45, 2.75) is 78.2 Å².